The molecule has 4 heteroatoms. The van der Waals surface area contributed by atoms with Crippen molar-refractivity contribution in [2.75, 3.05) is 0 Å². The molecule has 2 aromatic rings. The summed E-state index contributed by atoms with van der Waals surface area (Å²) in [7, 11) is 0. The monoisotopic (exact) mass is 190 g/mol. The molecule has 0 aliphatic rings. The van der Waals surface area contributed by atoms with Gasteiger partial charge in [-0.1, -0.05) is 6.07 Å². The zero-order valence-electron chi connectivity index (χ0n) is 7.77. The maximum absolute atomic E-state index is 10.6. The molecule has 0 saturated heterocycles. The van der Waals surface area contributed by atoms with E-state index in [4.69, 9.17) is 5.11 Å². The van der Waals surface area contributed by atoms with E-state index < -0.39 is 5.97 Å². The van der Waals surface area contributed by atoms with Crippen molar-refractivity contribution in [1.82, 2.24) is 9.38 Å². The van der Waals surface area contributed by atoms with E-state index in [9.17, 15) is 4.79 Å². The van der Waals surface area contributed by atoms with E-state index in [0.29, 0.717) is 5.69 Å². The van der Waals surface area contributed by atoms with Gasteiger partial charge in [0, 0.05) is 12.4 Å². The summed E-state index contributed by atoms with van der Waals surface area (Å²) in [5.41, 5.74) is 2.57. The smallest absolute Gasteiger partial charge is 0.309 e. The highest BCUT2D eigenvalue weighted by atomic mass is 16.4. The highest BCUT2D eigenvalue weighted by Gasteiger charge is 2.06. The van der Waals surface area contributed by atoms with Crippen molar-refractivity contribution in [3.8, 4) is 0 Å². The van der Waals surface area contributed by atoms with Crippen molar-refractivity contribution >= 4 is 11.6 Å². The average Bonchev–Trinajstić information content (AvgIpc) is 2.47. The van der Waals surface area contributed by atoms with Gasteiger partial charge in [-0.05, 0) is 18.6 Å². The molecule has 2 aromatic heterocycles. The SMILES string of the molecule is Cc1ccc2ncc(CC(=O)O)n2c1. The molecule has 0 unspecified atom stereocenters. The van der Waals surface area contributed by atoms with Crippen molar-refractivity contribution in [1.29, 1.82) is 0 Å². The number of hydrogen-bond acceptors (Lipinski definition) is 2. The van der Waals surface area contributed by atoms with Gasteiger partial charge < -0.3 is 9.51 Å². The predicted octanol–water partition coefficient (Wildman–Crippen LogP) is 1.27. The maximum Gasteiger partial charge on any atom is 0.309 e. The van der Waals surface area contributed by atoms with E-state index in [1.165, 1.54) is 0 Å². The number of hydrogen-bond donors (Lipinski definition) is 1. The van der Waals surface area contributed by atoms with Gasteiger partial charge >= 0.3 is 5.97 Å². The minimum absolute atomic E-state index is 0.00458. The van der Waals surface area contributed by atoms with Crippen LogP contribution in [0.4, 0.5) is 0 Å². The van der Waals surface area contributed by atoms with Gasteiger partial charge in [0.15, 0.2) is 0 Å². The largest absolute Gasteiger partial charge is 0.481 e. The van der Waals surface area contributed by atoms with E-state index >= 15 is 0 Å². The topological polar surface area (TPSA) is 54.6 Å². The second-order valence-electron chi connectivity index (χ2n) is 3.25. The van der Waals surface area contributed by atoms with Crippen LogP contribution in [0.5, 0.6) is 0 Å². The molecular weight excluding hydrogens is 180 g/mol. The van der Waals surface area contributed by atoms with Gasteiger partial charge in [0.05, 0.1) is 12.1 Å². The Labute approximate surface area is 80.8 Å². The van der Waals surface area contributed by atoms with Crippen LogP contribution in [-0.4, -0.2) is 20.5 Å². The van der Waals surface area contributed by atoms with E-state index in [0.717, 1.165) is 11.2 Å². The van der Waals surface area contributed by atoms with Crippen LogP contribution in [0.3, 0.4) is 0 Å². The van der Waals surface area contributed by atoms with E-state index in [1.807, 2.05) is 29.7 Å². The number of imidazole rings is 1. The molecule has 2 heterocycles. The summed E-state index contributed by atoms with van der Waals surface area (Å²) in [6.07, 6.45) is 3.49. The molecule has 0 aliphatic heterocycles. The van der Waals surface area contributed by atoms with Gasteiger partial charge in [0.1, 0.15) is 5.65 Å². The summed E-state index contributed by atoms with van der Waals surface area (Å²) in [6, 6.07) is 3.83. The number of aryl methyl sites for hydroxylation is 1. The van der Waals surface area contributed by atoms with Crippen LogP contribution in [0.2, 0.25) is 0 Å². The van der Waals surface area contributed by atoms with Crippen LogP contribution < -0.4 is 0 Å². The predicted molar refractivity (Wildman–Crippen MR) is 51.3 cm³/mol. The van der Waals surface area contributed by atoms with Crippen molar-refractivity contribution in [3.05, 3.63) is 35.8 Å². The number of fused-ring (bicyclic) bond motifs is 1. The molecule has 14 heavy (non-hydrogen) atoms. The number of carbonyl (C=O) groups is 1. The number of pyridine rings is 1. The van der Waals surface area contributed by atoms with Gasteiger partial charge in [-0.3, -0.25) is 4.79 Å². The van der Waals surface area contributed by atoms with E-state index in [-0.39, 0.29) is 6.42 Å². The third-order valence-electron chi connectivity index (χ3n) is 2.06. The Bertz CT molecular complexity index is 488. The lowest BCUT2D eigenvalue weighted by Crippen LogP contribution is -2.03. The molecule has 2 rings (SSSR count). The molecular formula is C10H10N2O2. The first-order chi connectivity index (χ1) is 6.66. The fourth-order valence-corrected chi connectivity index (χ4v) is 1.42. The Morgan fingerprint density at radius 3 is 3.07 bits per heavy atom. The minimum Gasteiger partial charge on any atom is -0.481 e. The maximum atomic E-state index is 10.6. The molecule has 0 aromatic carbocycles. The second-order valence-corrected chi connectivity index (χ2v) is 3.25. The molecule has 72 valence electrons. The lowest BCUT2D eigenvalue weighted by Gasteiger charge is -1.99. The fourth-order valence-electron chi connectivity index (χ4n) is 1.42. The molecule has 0 saturated carbocycles. The Hall–Kier alpha value is -1.84. The number of rotatable bonds is 2. The Balaban J connectivity index is 2.55. The van der Waals surface area contributed by atoms with Gasteiger partial charge in [-0.25, -0.2) is 4.98 Å². The summed E-state index contributed by atoms with van der Waals surface area (Å²) in [5, 5.41) is 8.67. The molecule has 0 fully saturated rings. The quantitative estimate of drug-likeness (QED) is 0.775. The van der Waals surface area contributed by atoms with Gasteiger partial charge in [-0.15, -0.1) is 0 Å². The second kappa shape index (κ2) is 3.14. The van der Waals surface area contributed by atoms with Crippen LogP contribution >= 0.6 is 0 Å². The fraction of sp³-hybridized carbons (Fsp3) is 0.200. The van der Waals surface area contributed by atoms with E-state index in [2.05, 4.69) is 4.98 Å². The van der Waals surface area contributed by atoms with Crippen molar-refractivity contribution in [2.24, 2.45) is 0 Å². The lowest BCUT2D eigenvalue weighted by molar-refractivity contribution is -0.136. The minimum atomic E-state index is -0.840. The average molecular weight is 190 g/mol. The first-order valence-electron chi connectivity index (χ1n) is 4.31. The number of aromatic nitrogens is 2. The number of carboxylic acids is 1. The highest BCUT2D eigenvalue weighted by Crippen LogP contribution is 2.09. The summed E-state index contributed by atoms with van der Waals surface area (Å²) in [6.45, 7) is 1.96. The molecule has 0 radical (unpaired) electrons. The Kier molecular flexibility index (Phi) is 1.96. The Morgan fingerprint density at radius 1 is 1.57 bits per heavy atom. The third kappa shape index (κ3) is 1.46. The first kappa shape index (κ1) is 8.74. The van der Waals surface area contributed by atoms with Crippen LogP contribution in [0, 0.1) is 6.92 Å². The van der Waals surface area contributed by atoms with Gasteiger partial charge in [-0.2, -0.15) is 0 Å². The van der Waals surface area contributed by atoms with Crippen LogP contribution in [0.1, 0.15) is 11.3 Å². The molecule has 0 amide bonds. The molecule has 1 N–H and O–H groups in total. The zero-order valence-corrected chi connectivity index (χ0v) is 7.77. The zero-order chi connectivity index (χ0) is 10.1. The Morgan fingerprint density at radius 2 is 2.36 bits per heavy atom. The molecule has 0 atom stereocenters. The van der Waals surface area contributed by atoms with Gasteiger partial charge in [0.25, 0.3) is 0 Å². The number of aliphatic carboxylic acids is 1. The van der Waals surface area contributed by atoms with E-state index in [1.54, 1.807) is 6.20 Å². The standard InChI is InChI=1S/C10H10N2O2/c1-7-2-3-9-11-5-8(4-10(13)14)12(9)6-7/h2-3,5-6H,4H2,1H3,(H,13,14). The lowest BCUT2D eigenvalue weighted by atomic mass is 10.3. The molecule has 0 bridgehead atoms. The van der Waals surface area contributed by atoms with Crippen molar-refractivity contribution in [3.63, 3.8) is 0 Å². The summed E-state index contributed by atoms with van der Waals surface area (Å²) >= 11 is 0. The summed E-state index contributed by atoms with van der Waals surface area (Å²) in [5.74, 6) is -0.840. The van der Waals surface area contributed by atoms with Crippen LogP contribution in [0.25, 0.3) is 5.65 Å². The molecule has 4 nitrogen and oxygen atoms in total. The normalized spacial score (nSPS) is 10.6. The molecule has 0 spiro atoms. The van der Waals surface area contributed by atoms with Crippen molar-refractivity contribution < 1.29 is 9.90 Å². The van der Waals surface area contributed by atoms with Crippen molar-refractivity contribution in [2.45, 2.75) is 13.3 Å². The van der Waals surface area contributed by atoms with Crippen LogP contribution in [-0.2, 0) is 11.2 Å². The number of nitrogens with zero attached hydrogens (tertiary/aromatic N) is 2. The summed E-state index contributed by atoms with van der Waals surface area (Å²) < 4.78 is 1.81. The summed E-state index contributed by atoms with van der Waals surface area (Å²) in [4.78, 5) is 14.7. The first-order valence-corrected chi connectivity index (χ1v) is 4.31. The third-order valence-corrected chi connectivity index (χ3v) is 2.06. The van der Waals surface area contributed by atoms with Crippen LogP contribution in [0.15, 0.2) is 24.5 Å². The number of carboxylic acid groups (broad SMARTS) is 1. The van der Waals surface area contributed by atoms with Gasteiger partial charge in [0.2, 0.25) is 0 Å². The highest BCUT2D eigenvalue weighted by molar-refractivity contribution is 5.70. The molecule has 0 aliphatic carbocycles.